The van der Waals surface area contributed by atoms with Crippen LogP contribution in [-0.2, 0) is 21.4 Å². The van der Waals surface area contributed by atoms with Gasteiger partial charge in [0.1, 0.15) is 5.54 Å². The second-order valence-electron chi connectivity index (χ2n) is 7.45. The molecule has 31 heavy (non-hydrogen) atoms. The number of alkyl halides is 3. The molecule has 0 heterocycles. The van der Waals surface area contributed by atoms with E-state index < -0.39 is 33.6 Å². The zero-order valence-corrected chi connectivity index (χ0v) is 18.7. The summed E-state index contributed by atoms with van der Waals surface area (Å²) < 4.78 is 65.9. The lowest BCUT2D eigenvalue weighted by Gasteiger charge is -2.36. The summed E-state index contributed by atoms with van der Waals surface area (Å²) in [5.41, 5.74) is 4.53. The molecule has 0 saturated carbocycles. The molecule has 0 saturated heterocycles. The van der Waals surface area contributed by atoms with Crippen molar-refractivity contribution in [3.8, 4) is 0 Å². The summed E-state index contributed by atoms with van der Waals surface area (Å²) in [6.07, 6.45) is 0.648. The van der Waals surface area contributed by atoms with Crippen molar-refractivity contribution in [3.63, 3.8) is 0 Å². The molecule has 0 aromatic heterocycles. The van der Waals surface area contributed by atoms with Crippen LogP contribution in [0.4, 0.5) is 18.9 Å². The first kappa shape index (κ1) is 26.4. The third kappa shape index (κ3) is 7.25. The fourth-order valence-corrected chi connectivity index (χ4v) is 3.47. The summed E-state index contributed by atoms with van der Waals surface area (Å²) in [6.45, 7) is 7.92. The van der Waals surface area contributed by atoms with Gasteiger partial charge in [0.15, 0.2) is 0 Å². The van der Waals surface area contributed by atoms with E-state index in [4.69, 9.17) is 5.73 Å². The van der Waals surface area contributed by atoms with Gasteiger partial charge in [0.05, 0.1) is 11.9 Å². The molecule has 1 aromatic rings. The number of hydrogen-bond donors (Lipinski definition) is 3. The lowest BCUT2D eigenvalue weighted by atomic mass is 9.79. The number of carbonyl (C=O) groups excluding carboxylic acids is 1. The lowest BCUT2D eigenvalue weighted by molar-refractivity contribution is -0.184. The molecular weight excluding hydrogens is 431 g/mol. The Hall–Kier alpha value is -2.59. The molecule has 1 rings (SSSR count). The van der Waals surface area contributed by atoms with Crippen molar-refractivity contribution >= 4 is 21.6 Å². The van der Waals surface area contributed by atoms with Crippen LogP contribution < -0.4 is 15.8 Å². The van der Waals surface area contributed by atoms with Gasteiger partial charge in [-0.15, -0.1) is 0 Å². The minimum atomic E-state index is -4.73. The number of aryl methyl sites for hydroxylation is 1. The Morgan fingerprint density at radius 1 is 1.26 bits per heavy atom. The number of carbonyl (C=O) groups is 1. The zero-order valence-electron chi connectivity index (χ0n) is 17.9. The molecule has 1 amide bonds. The highest BCUT2D eigenvalue weighted by Gasteiger charge is 2.55. The maximum Gasteiger partial charge on any atom is 0.410 e. The topological polar surface area (TPSA) is 101 Å². The van der Waals surface area contributed by atoms with E-state index in [1.54, 1.807) is 25.1 Å². The summed E-state index contributed by atoms with van der Waals surface area (Å²) in [7, 11) is -3.42. The molecule has 0 aliphatic carbocycles. The van der Waals surface area contributed by atoms with Crippen LogP contribution >= 0.6 is 0 Å². The number of halogens is 3. The summed E-state index contributed by atoms with van der Waals surface area (Å²) in [5.74, 6) is -1.59. The quantitative estimate of drug-likeness (QED) is 0.388. The second kappa shape index (κ2) is 10.1. The van der Waals surface area contributed by atoms with Gasteiger partial charge in [-0.25, -0.2) is 8.42 Å². The number of amides is 1. The smallest absolute Gasteiger partial charge is 0.348 e. The van der Waals surface area contributed by atoms with Gasteiger partial charge in [0.25, 0.3) is 0 Å². The van der Waals surface area contributed by atoms with Crippen LogP contribution in [0.2, 0.25) is 0 Å². The molecule has 0 radical (unpaired) electrons. The van der Waals surface area contributed by atoms with Crippen LogP contribution in [0.1, 0.15) is 25.0 Å². The monoisotopic (exact) mass is 459 g/mol. The van der Waals surface area contributed by atoms with Crippen LogP contribution in [-0.4, -0.2) is 32.3 Å². The van der Waals surface area contributed by atoms with Crippen molar-refractivity contribution < 1.29 is 26.4 Å². The molecule has 6 nitrogen and oxygen atoms in total. The van der Waals surface area contributed by atoms with E-state index in [-0.39, 0.29) is 12.1 Å². The Balaban J connectivity index is 2.94. The second-order valence-corrected chi connectivity index (χ2v) is 9.20. The summed E-state index contributed by atoms with van der Waals surface area (Å²) in [5, 5.41) is 2.57. The van der Waals surface area contributed by atoms with Gasteiger partial charge < -0.3 is 11.1 Å². The molecule has 0 fully saturated rings. The van der Waals surface area contributed by atoms with Crippen LogP contribution in [0.25, 0.3) is 0 Å². The Bertz CT molecular complexity index is 983. The van der Waals surface area contributed by atoms with Gasteiger partial charge in [-0.3, -0.25) is 9.52 Å². The summed E-state index contributed by atoms with van der Waals surface area (Å²) in [4.78, 5) is 12.1. The molecule has 0 aliphatic heterocycles. The van der Waals surface area contributed by atoms with E-state index >= 15 is 0 Å². The molecule has 1 aromatic carbocycles. The normalized spacial score (nSPS) is 15.1. The number of allylic oxidation sites excluding steroid dienone is 2. The minimum Gasteiger partial charge on any atom is -0.348 e. The SMILES string of the molecule is C=C/C=C(/C=C/C(=O)NCc1ccc(NS(C)(=O)=O)c(C)c1)C(N)(C(C)C)C(F)(F)F. The molecule has 172 valence electrons. The van der Waals surface area contributed by atoms with Crippen LogP contribution in [0, 0.1) is 12.8 Å². The Morgan fingerprint density at radius 3 is 2.32 bits per heavy atom. The average Bonchev–Trinajstić information content (AvgIpc) is 2.62. The highest BCUT2D eigenvalue weighted by atomic mass is 32.2. The minimum absolute atomic E-state index is 0.0981. The van der Waals surface area contributed by atoms with Crippen molar-refractivity contribution in [2.45, 2.75) is 39.0 Å². The molecule has 1 atom stereocenters. The van der Waals surface area contributed by atoms with E-state index in [1.165, 1.54) is 19.9 Å². The molecule has 0 aliphatic rings. The van der Waals surface area contributed by atoms with Crippen molar-refractivity contribution in [1.82, 2.24) is 5.32 Å². The van der Waals surface area contributed by atoms with Crippen LogP contribution in [0.15, 0.2) is 54.7 Å². The number of rotatable bonds is 9. The number of anilines is 1. The van der Waals surface area contributed by atoms with E-state index in [2.05, 4.69) is 16.6 Å². The van der Waals surface area contributed by atoms with E-state index in [0.717, 1.165) is 24.5 Å². The summed E-state index contributed by atoms with van der Waals surface area (Å²) in [6, 6.07) is 4.88. The number of hydrogen-bond acceptors (Lipinski definition) is 4. The van der Waals surface area contributed by atoms with E-state index in [0.29, 0.717) is 16.8 Å². The first-order valence-corrected chi connectivity index (χ1v) is 11.2. The maximum atomic E-state index is 13.6. The molecular formula is C21H28F3N3O3S. The standard InChI is InChI=1S/C21H28F3N3O3S/c1-6-7-17(20(25,14(2)3)21(22,23)24)9-11-19(28)26-13-16-8-10-18(15(4)12-16)27-31(5,29)30/h6-12,14,27H,1,13,25H2,2-5H3,(H,26,28)/b11-9+,17-7-. The van der Waals surface area contributed by atoms with Gasteiger partial charge in [-0.05, 0) is 35.6 Å². The number of nitrogens with one attached hydrogen (secondary N) is 2. The van der Waals surface area contributed by atoms with Crippen molar-refractivity contribution in [2.24, 2.45) is 11.7 Å². The fraction of sp³-hybridized carbons (Fsp3) is 0.381. The predicted octanol–water partition coefficient (Wildman–Crippen LogP) is 3.57. The Morgan fingerprint density at radius 2 is 1.87 bits per heavy atom. The largest absolute Gasteiger partial charge is 0.410 e. The van der Waals surface area contributed by atoms with Gasteiger partial charge >= 0.3 is 6.18 Å². The van der Waals surface area contributed by atoms with Gasteiger partial charge in [-0.2, -0.15) is 13.2 Å². The number of nitrogens with two attached hydrogens (primary N) is 1. The fourth-order valence-electron chi connectivity index (χ4n) is 2.85. The molecule has 0 bridgehead atoms. The number of benzene rings is 1. The van der Waals surface area contributed by atoms with Crippen molar-refractivity contribution in [3.05, 3.63) is 65.8 Å². The first-order valence-electron chi connectivity index (χ1n) is 9.33. The van der Waals surface area contributed by atoms with Crippen LogP contribution in [0.3, 0.4) is 0 Å². The Kier molecular flexibility index (Phi) is 8.65. The highest BCUT2D eigenvalue weighted by molar-refractivity contribution is 7.92. The lowest BCUT2D eigenvalue weighted by Crippen LogP contribution is -2.58. The van der Waals surface area contributed by atoms with E-state index in [9.17, 15) is 26.4 Å². The maximum absolute atomic E-state index is 13.6. The predicted molar refractivity (Wildman–Crippen MR) is 117 cm³/mol. The highest BCUT2D eigenvalue weighted by Crippen LogP contribution is 2.40. The Labute approximate surface area is 181 Å². The van der Waals surface area contributed by atoms with Crippen molar-refractivity contribution in [1.29, 1.82) is 0 Å². The molecule has 10 heteroatoms. The third-order valence-corrected chi connectivity index (χ3v) is 5.21. The van der Waals surface area contributed by atoms with Gasteiger partial charge in [0, 0.05) is 12.6 Å². The zero-order chi connectivity index (χ0) is 24.0. The first-order chi connectivity index (χ1) is 14.1. The van der Waals surface area contributed by atoms with Gasteiger partial charge in [0.2, 0.25) is 15.9 Å². The molecule has 0 spiro atoms. The summed E-state index contributed by atoms with van der Waals surface area (Å²) >= 11 is 0. The average molecular weight is 460 g/mol. The molecule has 1 unspecified atom stereocenters. The van der Waals surface area contributed by atoms with Gasteiger partial charge in [-0.1, -0.05) is 50.8 Å². The number of sulfonamides is 1. The van der Waals surface area contributed by atoms with E-state index in [1.807, 2.05) is 0 Å². The van der Waals surface area contributed by atoms with Crippen LogP contribution in [0.5, 0.6) is 0 Å². The molecule has 4 N–H and O–H groups in total. The third-order valence-electron chi connectivity index (χ3n) is 4.62. The van der Waals surface area contributed by atoms with Crippen molar-refractivity contribution in [2.75, 3.05) is 11.0 Å².